The summed E-state index contributed by atoms with van der Waals surface area (Å²) in [6.07, 6.45) is 6.78. The average Bonchev–Trinajstić information content (AvgIpc) is 2.87. The number of carbonyl (C=O) groups excluding carboxylic acids is 3. The molecule has 1 saturated heterocycles. The molecule has 0 aromatic heterocycles. The van der Waals surface area contributed by atoms with Crippen LogP contribution in [0.5, 0.6) is 11.5 Å². The lowest BCUT2D eigenvalue weighted by atomic mass is 10.2. The van der Waals surface area contributed by atoms with Crippen LogP contribution < -0.4 is 9.47 Å². The summed E-state index contributed by atoms with van der Waals surface area (Å²) in [5, 5.41) is -0.522. The predicted octanol–water partition coefficient (Wildman–Crippen LogP) is 3.48. The van der Waals surface area contributed by atoms with E-state index in [9.17, 15) is 14.4 Å². The van der Waals surface area contributed by atoms with Crippen molar-refractivity contribution >= 4 is 35.0 Å². The van der Waals surface area contributed by atoms with Crippen molar-refractivity contribution in [3.63, 3.8) is 0 Å². The number of ether oxygens (including phenoxy) is 3. The first-order chi connectivity index (χ1) is 13.6. The molecule has 0 N–H and O–H groups in total. The van der Waals surface area contributed by atoms with Gasteiger partial charge in [0, 0.05) is 0 Å². The molecule has 1 aliphatic rings. The minimum absolute atomic E-state index is 0.100. The van der Waals surface area contributed by atoms with Crippen LogP contribution in [0.1, 0.15) is 33.3 Å². The first kappa shape index (κ1) is 22.4. The Hall–Kier alpha value is -2.92. The summed E-state index contributed by atoms with van der Waals surface area (Å²) in [5.41, 5.74) is -0.0579. The van der Waals surface area contributed by atoms with E-state index in [0.29, 0.717) is 23.7 Å². The van der Waals surface area contributed by atoms with Gasteiger partial charge in [0.1, 0.15) is 18.8 Å². The number of nitrogens with zero attached hydrogens (tertiary/aromatic N) is 1. The van der Waals surface area contributed by atoms with Gasteiger partial charge >= 0.3 is 5.97 Å². The van der Waals surface area contributed by atoms with Crippen LogP contribution in [0.3, 0.4) is 0 Å². The smallest absolute Gasteiger partial charge is 0.326 e. The summed E-state index contributed by atoms with van der Waals surface area (Å²) in [5.74, 6) is 2.16. The van der Waals surface area contributed by atoms with Crippen molar-refractivity contribution in [1.29, 1.82) is 0 Å². The van der Waals surface area contributed by atoms with Crippen LogP contribution in [0.4, 0.5) is 4.79 Å². The molecule has 0 unspecified atom stereocenters. The molecule has 0 radical (unpaired) electrons. The van der Waals surface area contributed by atoms with Crippen LogP contribution in [0, 0.1) is 12.3 Å². The van der Waals surface area contributed by atoms with Gasteiger partial charge in [0.15, 0.2) is 11.5 Å². The molecule has 8 heteroatoms. The highest BCUT2D eigenvalue weighted by atomic mass is 32.2. The van der Waals surface area contributed by atoms with E-state index in [-0.39, 0.29) is 11.5 Å². The lowest BCUT2D eigenvalue weighted by molar-refractivity contribution is -0.156. The number of hydrogen-bond donors (Lipinski definition) is 0. The zero-order valence-electron chi connectivity index (χ0n) is 16.8. The maximum Gasteiger partial charge on any atom is 0.326 e. The second-order valence-corrected chi connectivity index (χ2v) is 7.98. The number of thioether (sulfide) groups is 1. The fourth-order valence-corrected chi connectivity index (χ4v) is 3.25. The Kier molecular flexibility index (Phi) is 7.35. The van der Waals surface area contributed by atoms with Crippen molar-refractivity contribution in [2.24, 2.45) is 0 Å². The van der Waals surface area contributed by atoms with Crippen molar-refractivity contribution in [2.75, 3.05) is 19.8 Å². The Balaban J connectivity index is 2.19. The van der Waals surface area contributed by atoms with Gasteiger partial charge in [-0.3, -0.25) is 19.3 Å². The van der Waals surface area contributed by atoms with Gasteiger partial charge in [-0.1, -0.05) is 12.0 Å². The van der Waals surface area contributed by atoms with Crippen LogP contribution in [-0.4, -0.2) is 47.4 Å². The van der Waals surface area contributed by atoms with Crippen molar-refractivity contribution in [3.05, 3.63) is 28.7 Å². The van der Waals surface area contributed by atoms with Gasteiger partial charge in [-0.25, -0.2) is 0 Å². The third-order valence-electron chi connectivity index (χ3n) is 3.46. The van der Waals surface area contributed by atoms with E-state index in [1.807, 2.05) is 6.92 Å². The van der Waals surface area contributed by atoms with Crippen LogP contribution in [0.2, 0.25) is 0 Å². The van der Waals surface area contributed by atoms with Crippen LogP contribution in [0.15, 0.2) is 23.1 Å². The molecule has 0 atom stereocenters. The number of benzene rings is 1. The van der Waals surface area contributed by atoms with Gasteiger partial charge in [0.05, 0.1) is 11.5 Å². The standard InChI is InChI=1S/C21H23NO6S/c1-6-10-27-15-9-8-14(11-16(15)26-7-2)12-17-19(24)22(20(25)29-17)13-18(23)28-21(3,4)5/h1,8-9,11-12H,7,10,13H2,2-5H3/b17-12-. The molecule has 0 aliphatic carbocycles. The van der Waals surface area contributed by atoms with Gasteiger partial charge in [0.2, 0.25) is 0 Å². The van der Waals surface area contributed by atoms with Gasteiger partial charge in [0.25, 0.3) is 11.1 Å². The third-order valence-corrected chi connectivity index (χ3v) is 4.36. The number of terminal acetylenes is 1. The number of carbonyl (C=O) groups is 3. The van der Waals surface area contributed by atoms with Crippen LogP contribution in [0.25, 0.3) is 6.08 Å². The van der Waals surface area contributed by atoms with Gasteiger partial charge < -0.3 is 14.2 Å². The van der Waals surface area contributed by atoms with Crippen molar-refractivity contribution in [2.45, 2.75) is 33.3 Å². The largest absolute Gasteiger partial charge is 0.490 e. The highest BCUT2D eigenvalue weighted by molar-refractivity contribution is 8.18. The average molecular weight is 417 g/mol. The molecular weight excluding hydrogens is 394 g/mol. The van der Waals surface area contributed by atoms with Crippen LogP contribution in [-0.2, 0) is 14.3 Å². The zero-order valence-corrected chi connectivity index (χ0v) is 17.6. The highest BCUT2D eigenvalue weighted by Crippen LogP contribution is 2.34. The molecule has 2 amide bonds. The Bertz CT molecular complexity index is 878. The van der Waals surface area contributed by atoms with E-state index in [0.717, 1.165) is 16.7 Å². The Morgan fingerprint density at radius 3 is 2.59 bits per heavy atom. The fraction of sp³-hybridized carbons (Fsp3) is 0.381. The molecule has 1 aliphatic heterocycles. The minimum atomic E-state index is -0.701. The predicted molar refractivity (Wildman–Crippen MR) is 110 cm³/mol. The van der Waals surface area contributed by atoms with Crippen LogP contribution >= 0.6 is 11.8 Å². The summed E-state index contributed by atoms with van der Waals surface area (Å²) in [4.78, 5) is 37.8. The summed E-state index contributed by atoms with van der Waals surface area (Å²) in [6.45, 7) is 7.07. The minimum Gasteiger partial charge on any atom is -0.490 e. The molecule has 1 heterocycles. The number of hydrogen-bond acceptors (Lipinski definition) is 7. The molecule has 0 saturated carbocycles. The zero-order chi connectivity index (χ0) is 21.6. The first-order valence-corrected chi connectivity index (χ1v) is 9.76. The number of amides is 2. The number of esters is 1. The Morgan fingerprint density at radius 1 is 1.24 bits per heavy atom. The van der Waals surface area contributed by atoms with E-state index in [1.54, 1.807) is 45.0 Å². The van der Waals surface area contributed by atoms with E-state index < -0.39 is 29.3 Å². The summed E-state index contributed by atoms with van der Waals surface area (Å²) < 4.78 is 16.2. The summed E-state index contributed by atoms with van der Waals surface area (Å²) in [6, 6.07) is 5.09. The van der Waals surface area contributed by atoms with Crippen molar-refractivity contribution in [1.82, 2.24) is 4.90 Å². The molecule has 1 aromatic rings. The summed E-state index contributed by atoms with van der Waals surface area (Å²) in [7, 11) is 0. The Labute approximate surface area is 174 Å². The number of rotatable bonds is 7. The van der Waals surface area contributed by atoms with E-state index in [4.69, 9.17) is 20.6 Å². The molecule has 2 rings (SSSR count). The third kappa shape index (κ3) is 6.29. The quantitative estimate of drug-likeness (QED) is 0.382. The SMILES string of the molecule is C#CCOc1ccc(/C=C2\SC(=O)N(CC(=O)OC(C)(C)C)C2=O)cc1OCC. The Morgan fingerprint density at radius 2 is 1.97 bits per heavy atom. The van der Waals surface area contributed by atoms with E-state index in [1.165, 1.54) is 0 Å². The molecule has 0 bridgehead atoms. The molecule has 1 aromatic carbocycles. The molecule has 29 heavy (non-hydrogen) atoms. The second-order valence-electron chi connectivity index (χ2n) is 6.99. The second kappa shape index (κ2) is 9.52. The molecule has 7 nitrogen and oxygen atoms in total. The van der Waals surface area contributed by atoms with E-state index >= 15 is 0 Å². The molecule has 0 spiro atoms. The fourth-order valence-electron chi connectivity index (χ4n) is 2.41. The number of imide groups is 1. The molecule has 154 valence electrons. The van der Waals surface area contributed by atoms with Crippen molar-refractivity contribution in [3.8, 4) is 23.8 Å². The highest BCUT2D eigenvalue weighted by Gasteiger charge is 2.37. The normalized spacial score (nSPS) is 15.4. The molecular formula is C21H23NO6S. The van der Waals surface area contributed by atoms with Gasteiger partial charge in [-0.05, 0) is 63.2 Å². The lowest BCUT2D eigenvalue weighted by Crippen LogP contribution is -2.37. The first-order valence-electron chi connectivity index (χ1n) is 8.95. The van der Waals surface area contributed by atoms with Gasteiger partial charge in [-0.15, -0.1) is 6.42 Å². The maximum absolute atomic E-state index is 12.6. The van der Waals surface area contributed by atoms with E-state index in [2.05, 4.69) is 5.92 Å². The van der Waals surface area contributed by atoms with Crippen molar-refractivity contribution < 1.29 is 28.6 Å². The lowest BCUT2D eigenvalue weighted by Gasteiger charge is -2.21. The summed E-state index contributed by atoms with van der Waals surface area (Å²) >= 11 is 0.766. The topological polar surface area (TPSA) is 82.1 Å². The monoisotopic (exact) mass is 417 g/mol. The molecule has 1 fully saturated rings. The van der Waals surface area contributed by atoms with Gasteiger partial charge in [-0.2, -0.15) is 0 Å². The maximum atomic E-state index is 12.6.